The number of carbonyl (C=O) groups is 1. The molecule has 1 saturated carbocycles. The van der Waals surface area contributed by atoms with Crippen molar-refractivity contribution in [1.82, 2.24) is 9.55 Å². The smallest absolute Gasteiger partial charge is 0.326 e. The zero-order valence-electron chi connectivity index (χ0n) is 18.8. The fraction of sp³-hybridized carbons (Fsp3) is 0.440. The molecule has 7 heteroatoms. The van der Waals surface area contributed by atoms with E-state index in [2.05, 4.69) is 30.8 Å². The Balaban J connectivity index is 1.62. The molecule has 0 unspecified atom stereocenters. The van der Waals surface area contributed by atoms with E-state index in [1.165, 1.54) is 6.42 Å². The van der Waals surface area contributed by atoms with E-state index in [9.17, 15) is 4.79 Å². The van der Waals surface area contributed by atoms with Gasteiger partial charge in [0, 0.05) is 16.2 Å². The number of nitrogens with zero attached hydrogens (tertiary/aromatic N) is 5. The van der Waals surface area contributed by atoms with Gasteiger partial charge in [-0.1, -0.05) is 68.7 Å². The molecule has 3 aromatic rings. The molecule has 4 rings (SSSR count). The monoisotopic (exact) mass is 431 g/mol. The molecule has 0 aliphatic heterocycles. The van der Waals surface area contributed by atoms with E-state index >= 15 is 0 Å². The van der Waals surface area contributed by atoms with Crippen molar-refractivity contribution in [3.63, 3.8) is 0 Å². The maximum Gasteiger partial charge on any atom is 0.326 e. The summed E-state index contributed by atoms with van der Waals surface area (Å²) >= 11 is 0. The zero-order chi connectivity index (χ0) is 22.7. The summed E-state index contributed by atoms with van der Waals surface area (Å²) in [6.07, 6.45) is 3.19. The molecule has 0 saturated heterocycles. The molecule has 0 bridgehead atoms. The second-order valence-corrected chi connectivity index (χ2v) is 9.10. The number of rotatable bonds is 6. The maximum absolute atomic E-state index is 13.1. The highest BCUT2D eigenvalue weighted by Crippen LogP contribution is 2.35. The van der Waals surface area contributed by atoms with Crippen molar-refractivity contribution < 1.29 is 9.53 Å². The van der Waals surface area contributed by atoms with Crippen LogP contribution in [0.25, 0.3) is 32.9 Å². The van der Waals surface area contributed by atoms with Gasteiger partial charge in [-0.2, -0.15) is 0 Å². The number of hydrogen-bond donors (Lipinski definition) is 0. The van der Waals surface area contributed by atoms with Gasteiger partial charge in [-0.3, -0.25) is 4.79 Å². The third-order valence-electron chi connectivity index (χ3n) is 6.47. The molecular formula is C25H29N5O2. The third kappa shape index (κ3) is 4.63. The molecule has 1 aliphatic rings. The number of benzene rings is 2. The van der Waals surface area contributed by atoms with E-state index in [0.29, 0.717) is 29.3 Å². The summed E-state index contributed by atoms with van der Waals surface area (Å²) in [7, 11) is 0. The van der Waals surface area contributed by atoms with Crippen LogP contribution < -0.4 is 0 Å². The topological polar surface area (TPSA) is 92.9 Å². The van der Waals surface area contributed by atoms with E-state index in [0.717, 1.165) is 29.4 Å². The fourth-order valence-corrected chi connectivity index (χ4v) is 4.77. The Morgan fingerprint density at radius 2 is 1.97 bits per heavy atom. The lowest BCUT2D eigenvalue weighted by Crippen LogP contribution is -2.36. The molecular weight excluding hydrogens is 402 g/mol. The van der Waals surface area contributed by atoms with E-state index in [4.69, 9.17) is 15.3 Å². The van der Waals surface area contributed by atoms with Crippen LogP contribution >= 0.6 is 0 Å². The van der Waals surface area contributed by atoms with Crippen LogP contribution in [0.5, 0.6) is 0 Å². The normalized spacial score (nSPS) is 20.8. The summed E-state index contributed by atoms with van der Waals surface area (Å²) in [6, 6.07) is 15.0. The Kier molecular flexibility index (Phi) is 6.47. The van der Waals surface area contributed by atoms with Gasteiger partial charge in [0.1, 0.15) is 18.5 Å². The van der Waals surface area contributed by atoms with Crippen molar-refractivity contribution in [3.8, 4) is 11.4 Å². The van der Waals surface area contributed by atoms with Crippen molar-refractivity contribution >= 4 is 22.7 Å². The van der Waals surface area contributed by atoms with E-state index in [-0.39, 0.29) is 18.6 Å². The number of fused-ring (bicyclic) bond motifs is 1. The highest BCUT2D eigenvalue weighted by Gasteiger charge is 2.33. The van der Waals surface area contributed by atoms with Crippen LogP contribution in [0.2, 0.25) is 0 Å². The summed E-state index contributed by atoms with van der Waals surface area (Å²) in [5, 5.41) is 3.63. The molecule has 1 heterocycles. The van der Waals surface area contributed by atoms with Crippen molar-refractivity contribution in [2.45, 2.75) is 52.7 Å². The fourth-order valence-electron chi connectivity index (χ4n) is 4.77. The van der Waals surface area contributed by atoms with E-state index in [1.54, 1.807) is 12.1 Å². The number of carbonyl (C=O) groups excluding carboxylic acids is 1. The van der Waals surface area contributed by atoms with Crippen LogP contribution in [-0.2, 0) is 16.1 Å². The predicted molar refractivity (Wildman–Crippen MR) is 125 cm³/mol. The van der Waals surface area contributed by atoms with Crippen molar-refractivity contribution in [2.24, 2.45) is 22.9 Å². The number of aromatic nitrogens is 2. The first-order valence-electron chi connectivity index (χ1n) is 11.3. The predicted octanol–water partition coefficient (Wildman–Crippen LogP) is 6.65. The molecule has 32 heavy (non-hydrogen) atoms. The number of para-hydroxylation sites is 2. The standard InChI is InChI=1S/C25H29N5O2/c1-16(2)20-13-8-17(3)14-23(20)32-24(31)15-30-22-7-5-4-6-21(22)27-25(30)18-9-11-19(12-10-18)28-29-26/h4-7,9-12,16-17,20,23H,8,13-15H2,1-3H3/t17-,20+,23-/m1/s1. The first-order chi connectivity index (χ1) is 15.5. The largest absolute Gasteiger partial charge is 0.461 e. The highest BCUT2D eigenvalue weighted by molar-refractivity contribution is 5.83. The van der Waals surface area contributed by atoms with Gasteiger partial charge < -0.3 is 9.30 Å². The van der Waals surface area contributed by atoms with Gasteiger partial charge in [0.15, 0.2) is 0 Å². The Bertz CT molecular complexity index is 1140. The molecule has 0 radical (unpaired) electrons. The first-order valence-corrected chi connectivity index (χ1v) is 11.3. The van der Waals surface area contributed by atoms with Crippen LogP contribution in [0.1, 0.15) is 40.0 Å². The minimum absolute atomic E-state index is 0.0346. The van der Waals surface area contributed by atoms with Gasteiger partial charge >= 0.3 is 5.97 Å². The van der Waals surface area contributed by atoms with Crippen molar-refractivity contribution in [1.29, 1.82) is 0 Å². The minimum Gasteiger partial charge on any atom is -0.461 e. The molecule has 0 amide bonds. The molecule has 1 aromatic heterocycles. The molecule has 3 atom stereocenters. The Hall–Kier alpha value is -3.31. The van der Waals surface area contributed by atoms with Gasteiger partial charge in [0.2, 0.25) is 0 Å². The average molecular weight is 432 g/mol. The van der Waals surface area contributed by atoms with Crippen molar-refractivity contribution in [2.75, 3.05) is 0 Å². The van der Waals surface area contributed by atoms with Crippen LogP contribution in [-0.4, -0.2) is 21.6 Å². The summed E-state index contributed by atoms with van der Waals surface area (Å²) < 4.78 is 7.97. The van der Waals surface area contributed by atoms with Gasteiger partial charge in [0.05, 0.1) is 11.0 Å². The maximum atomic E-state index is 13.1. The minimum atomic E-state index is -0.232. The molecule has 1 fully saturated rings. The molecule has 1 aliphatic carbocycles. The van der Waals surface area contributed by atoms with Gasteiger partial charge in [-0.05, 0) is 48.3 Å². The van der Waals surface area contributed by atoms with E-state index in [1.807, 2.05) is 41.0 Å². The molecule has 2 aromatic carbocycles. The quantitative estimate of drug-likeness (QED) is 0.189. The van der Waals surface area contributed by atoms with Crippen LogP contribution in [0.4, 0.5) is 5.69 Å². The van der Waals surface area contributed by atoms with Crippen LogP contribution in [0.3, 0.4) is 0 Å². The first kappa shape index (κ1) is 21.9. The van der Waals surface area contributed by atoms with Gasteiger partial charge in [-0.15, -0.1) is 0 Å². The number of ether oxygens (including phenoxy) is 1. The Morgan fingerprint density at radius 1 is 1.22 bits per heavy atom. The number of hydrogen-bond acceptors (Lipinski definition) is 4. The summed E-state index contributed by atoms with van der Waals surface area (Å²) in [5.74, 6) is 1.92. The molecule has 166 valence electrons. The Morgan fingerprint density at radius 3 is 2.69 bits per heavy atom. The summed E-state index contributed by atoms with van der Waals surface area (Å²) in [6.45, 7) is 6.76. The van der Waals surface area contributed by atoms with Crippen LogP contribution in [0, 0.1) is 17.8 Å². The second-order valence-electron chi connectivity index (χ2n) is 9.10. The average Bonchev–Trinajstić information content (AvgIpc) is 3.12. The highest BCUT2D eigenvalue weighted by atomic mass is 16.5. The van der Waals surface area contributed by atoms with Crippen molar-refractivity contribution in [3.05, 3.63) is 59.0 Å². The number of azide groups is 1. The Labute approximate surface area is 188 Å². The van der Waals surface area contributed by atoms with E-state index < -0.39 is 0 Å². The molecule has 0 spiro atoms. The molecule has 0 N–H and O–H groups in total. The lowest BCUT2D eigenvalue weighted by molar-refractivity contribution is -0.156. The summed E-state index contributed by atoms with van der Waals surface area (Å²) in [4.78, 5) is 20.7. The third-order valence-corrected chi connectivity index (χ3v) is 6.47. The lowest BCUT2D eigenvalue weighted by atomic mass is 9.75. The van der Waals surface area contributed by atoms with Gasteiger partial charge in [0.25, 0.3) is 0 Å². The zero-order valence-corrected chi connectivity index (χ0v) is 18.8. The lowest BCUT2D eigenvalue weighted by Gasteiger charge is -2.36. The summed E-state index contributed by atoms with van der Waals surface area (Å²) in [5.41, 5.74) is 11.7. The molecule has 7 nitrogen and oxygen atoms in total. The van der Waals surface area contributed by atoms with Gasteiger partial charge in [-0.25, -0.2) is 4.98 Å². The second kappa shape index (κ2) is 9.45. The number of esters is 1. The number of imidazole rings is 1. The van der Waals surface area contributed by atoms with Crippen LogP contribution in [0.15, 0.2) is 53.6 Å². The SMILES string of the molecule is CC(C)[C@@H]1CC[C@@H](C)C[C@H]1OC(=O)Cn1c(-c2ccc(N=[N+]=[N-])cc2)nc2ccccc21.